The Kier molecular flexibility index (Phi) is 5.17. The molecular formula is C23H26O3S2. The summed E-state index contributed by atoms with van der Waals surface area (Å²) in [5.74, 6) is 2.00. The Hall–Kier alpha value is -1.59. The van der Waals surface area contributed by atoms with Crippen LogP contribution < -0.4 is 9.47 Å². The average molecular weight is 415 g/mol. The van der Waals surface area contributed by atoms with Crippen molar-refractivity contribution in [3.63, 3.8) is 0 Å². The molecule has 0 fully saturated rings. The van der Waals surface area contributed by atoms with Crippen LogP contribution in [-0.2, 0) is 17.6 Å². The Morgan fingerprint density at radius 1 is 0.821 bits per heavy atom. The Morgan fingerprint density at radius 2 is 1.25 bits per heavy atom. The summed E-state index contributed by atoms with van der Waals surface area (Å²) in [7, 11) is 0. The fourth-order valence-corrected chi connectivity index (χ4v) is 5.53. The molecule has 0 N–H and O–H groups in total. The van der Waals surface area contributed by atoms with Crippen LogP contribution in [0.2, 0.25) is 0 Å². The summed E-state index contributed by atoms with van der Waals surface area (Å²) in [6.07, 6.45) is 0.842. The zero-order valence-corrected chi connectivity index (χ0v) is 18.5. The van der Waals surface area contributed by atoms with Crippen molar-refractivity contribution in [1.29, 1.82) is 0 Å². The van der Waals surface area contributed by atoms with Gasteiger partial charge < -0.3 is 9.47 Å². The van der Waals surface area contributed by atoms with E-state index in [4.69, 9.17) is 9.47 Å². The van der Waals surface area contributed by atoms with Crippen LogP contribution in [-0.4, -0.2) is 28.5 Å². The van der Waals surface area contributed by atoms with Gasteiger partial charge in [0.25, 0.3) is 0 Å². The van der Waals surface area contributed by atoms with Crippen molar-refractivity contribution in [2.45, 2.75) is 59.8 Å². The van der Waals surface area contributed by atoms with Gasteiger partial charge in [0.05, 0.1) is 9.79 Å². The molecule has 0 amide bonds. The van der Waals surface area contributed by atoms with E-state index in [0.29, 0.717) is 26.1 Å². The molecule has 28 heavy (non-hydrogen) atoms. The molecule has 0 unspecified atom stereocenters. The predicted octanol–water partition coefficient (Wildman–Crippen LogP) is 5.57. The molecule has 2 aliphatic heterocycles. The molecule has 5 heteroatoms. The van der Waals surface area contributed by atoms with Crippen molar-refractivity contribution in [3.05, 3.63) is 47.5 Å². The highest BCUT2D eigenvalue weighted by Gasteiger charge is 2.28. The second kappa shape index (κ2) is 7.34. The molecule has 0 radical (unpaired) electrons. The number of ketones is 1. The van der Waals surface area contributed by atoms with Crippen molar-refractivity contribution in [1.82, 2.24) is 0 Å². The standard InChI is InChI=1S/C23H26O3S2/c1-22(2)13-25-18-11-15(5-7-20(18)27-22)9-17(24)10-16-6-8-21-19(12-16)26-14-23(3,4)28-21/h5-8,11-12H,9-10,13-14H2,1-4H3. The maximum absolute atomic E-state index is 12.6. The van der Waals surface area contributed by atoms with Gasteiger partial charge in [0, 0.05) is 22.3 Å². The van der Waals surface area contributed by atoms with Gasteiger partial charge in [-0.3, -0.25) is 4.79 Å². The average Bonchev–Trinajstić information content (AvgIpc) is 2.61. The molecule has 0 atom stereocenters. The van der Waals surface area contributed by atoms with Gasteiger partial charge in [-0.15, -0.1) is 23.5 Å². The quantitative estimate of drug-likeness (QED) is 0.654. The number of hydrogen-bond acceptors (Lipinski definition) is 5. The van der Waals surface area contributed by atoms with E-state index in [1.54, 1.807) is 0 Å². The van der Waals surface area contributed by atoms with E-state index in [1.807, 2.05) is 47.8 Å². The van der Waals surface area contributed by atoms with E-state index in [1.165, 1.54) is 0 Å². The van der Waals surface area contributed by atoms with Crippen LogP contribution in [0.4, 0.5) is 0 Å². The van der Waals surface area contributed by atoms with Gasteiger partial charge in [0.15, 0.2) is 0 Å². The van der Waals surface area contributed by atoms with E-state index < -0.39 is 0 Å². The van der Waals surface area contributed by atoms with Crippen LogP contribution in [0.3, 0.4) is 0 Å². The van der Waals surface area contributed by atoms with Gasteiger partial charge in [0.1, 0.15) is 30.5 Å². The van der Waals surface area contributed by atoms with Crippen LogP contribution in [0, 0.1) is 0 Å². The topological polar surface area (TPSA) is 35.5 Å². The zero-order chi connectivity index (χ0) is 19.9. The zero-order valence-electron chi connectivity index (χ0n) is 16.8. The molecule has 3 nitrogen and oxygen atoms in total. The van der Waals surface area contributed by atoms with Crippen molar-refractivity contribution < 1.29 is 14.3 Å². The molecule has 148 valence electrons. The lowest BCUT2D eigenvalue weighted by atomic mass is 10.0. The summed E-state index contributed by atoms with van der Waals surface area (Å²) in [4.78, 5) is 14.9. The minimum absolute atomic E-state index is 0.0896. The Morgan fingerprint density at radius 3 is 1.68 bits per heavy atom. The highest BCUT2D eigenvalue weighted by molar-refractivity contribution is 8.01. The SMILES string of the molecule is CC1(C)COc2cc(CC(=O)Cc3ccc4c(c3)OCC(C)(C)S4)ccc2S1. The minimum Gasteiger partial charge on any atom is -0.491 e. The summed E-state index contributed by atoms with van der Waals surface area (Å²) in [5, 5.41) is 0. The molecule has 0 aromatic heterocycles. The van der Waals surface area contributed by atoms with Crippen molar-refractivity contribution in [2.75, 3.05) is 13.2 Å². The smallest absolute Gasteiger partial charge is 0.141 e. The lowest BCUT2D eigenvalue weighted by Gasteiger charge is -2.31. The van der Waals surface area contributed by atoms with Gasteiger partial charge in [-0.2, -0.15) is 0 Å². The third-order valence-electron chi connectivity index (χ3n) is 4.74. The molecule has 0 bridgehead atoms. The summed E-state index contributed by atoms with van der Waals surface area (Å²) in [5.41, 5.74) is 2.02. The molecule has 2 aromatic rings. The summed E-state index contributed by atoms with van der Waals surface area (Å²) < 4.78 is 12.0. The molecule has 2 heterocycles. The molecule has 0 saturated carbocycles. The first-order chi connectivity index (χ1) is 13.2. The minimum atomic E-state index is 0.0896. The normalized spacial score (nSPS) is 19.0. The molecule has 0 spiro atoms. The second-order valence-electron chi connectivity index (χ2n) is 8.76. The van der Waals surface area contributed by atoms with Gasteiger partial charge >= 0.3 is 0 Å². The number of carbonyl (C=O) groups excluding carboxylic acids is 1. The summed E-state index contributed by atoms with van der Waals surface area (Å²) in [6.45, 7) is 10.1. The highest BCUT2D eigenvalue weighted by atomic mass is 32.2. The van der Waals surface area contributed by atoms with Crippen molar-refractivity contribution >= 4 is 29.3 Å². The van der Waals surface area contributed by atoms with Gasteiger partial charge in [-0.05, 0) is 63.1 Å². The van der Waals surface area contributed by atoms with E-state index in [2.05, 4.69) is 39.8 Å². The number of carbonyl (C=O) groups is 1. The molecule has 4 rings (SSSR count). The number of thioether (sulfide) groups is 2. The Balaban J connectivity index is 1.41. The molecule has 0 aliphatic carbocycles. The number of benzene rings is 2. The van der Waals surface area contributed by atoms with Crippen molar-refractivity contribution in [2.24, 2.45) is 0 Å². The summed E-state index contributed by atoms with van der Waals surface area (Å²) >= 11 is 3.66. The number of fused-ring (bicyclic) bond motifs is 2. The van der Waals surface area contributed by atoms with Crippen LogP contribution >= 0.6 is 23.5 Å². The molecule has 2 aromatic carbocycles. The largest absolute Gasteiger partial charge is 0.491 e. The maximum atomic E-state index is 12.6. The Bertz CT molecular complexity index is 845. The van der Waals surface area contributed by atoms with Crippen LogP contribution in [0.15, 0.2) is 46.2 Å². The molecule has 0 saturated heterocycles. The van der Waals surface area contributed by atoms with Gasteiger partial charge in [0.2, 0.25) is 0 Å². The van der Waals surface area contributed by atoms with Gasteiger partial charge in [-0.1, -0.05) is 12.1 Å². The molecule has 2 aliphatic rings. The number of hydrogen-bond donors (Lipinski definition) is 0. The van der Waals surface area contributed by atoms with Crippen LogP contribution in [0.25, 0.3) is 0 Å². The first-order valence-corrected chi connectivity index (χ1v) is 11.2. The monoisotopic (exact) mass is 414 g/mol. The van der Waals surface area contributed by atoms with Crippen LogP contribution in [0.5, 0.6) is 11.5 Å². The second-order valence-corrected chi connectivity index (χ2v) is 12.3. The van der Waals surface area contributed by atoms with E-state index in [0.717, 1.165) is 32.4 Å². The number of rotatable bonds is 4. The Labute approximate surface area is 175 Å². The predicted molar refractivity (Wildman–Crippen MR) is 116 cm³/mol. The highest BCUT2D eigenvalue weighted by Crippen LogP contribution is 2.44. The lowest BCUT2D eigenvalue weighted by molar-refractivity contribution is -0.117. The maximum Gasteiger partial charge on any atom is 0.141 e. The van der Waals surface area contributed by atoms with Crippen molar-refractivity contribution in [3.8, 4) is 11.5 Å². The number of ether oxygens (including phenoxy) is 2. The van der Waals surface area contributed by atoms with Gasteiger partial charge in [-0.25, -0.2) is 0 Å². The van der Waals surface area contributed by atoms with Crippen LogP contribution in [0.1, 0.15) is 38.8 Å². The third kappa shape index (κ3) is 4.52. The van der Waals surface area contributed by atoms with E-state index >= 15 is 0 Å². The number of Topliss-reactive ketones (excluding diaryl/α,β-unsaturated/α-hetero) is 1. The fourth-order valence-electron chi connectivity index (χ4n) is 3.39. The van der Waals surface area contributed by atoms with E-state index in [9.17, 15) is 4.79 Å². The first-order valence-electron chi connectivity index (χ1n) is 9.60. The summed E-state index contributed by atoms with van der Waals surface area (Å²) in [6, 6.07) is 12.3. The fraction of sp³-hybridized carbons (Fsp3) is 0.435. The van der Waals surface area contributed by atoms with E-state index in [-0.39, 0.29) is 15.3 Å². The third-order valence-corrected chi connectivity index (χ3v) is 7.20. The lowest BCUT2D eigenvalue weighted by Crippen LogP contribution is -2.28. The molecular weight excluding hydrogens is 388 g/mol. The first kappa shape index (κ1) is 19.7.